The maximum absolute atomic E-state index is 12.4. The van der Waals surface area contributed by atoms with E-state index in [1.165, 1.54) is 0 Å². The van der Waals surface area contributed by atoms with Crippen LogP contribution in [0.1, 0.15) is 71.6 Å². The molecule has 3 heterocycles. The lowest BCUT2D eigenvalue weighted by molar-refractivity contribution is -0.132. The topological polar surface area (TPSA) is 60.9 Å². The van der Waals surface area contributed by atoms with Crippen molar-refractivity contribution in [1.82, 2.24) is 14.7 Å². The highest BCUT2D eigenvalue weighted by atomic mass is 16.2. The molecular formula is C20H33N3O3. The molecule has 146 valence electrons. The summed E-state index contributed by atoms with van der Waals surface area (Å²) in [6, 6.07) is 0.465. The zero-order chi connectivity index (χ0) is 18.7. The minimum absolute atomic E-state index is 0.117. The van der Waals surface area contributed by atoms with Crippen LogP contribution in [0.4, 0.5) is 0 Å². The van der Waals surface area contributed by atoms with Crippen LogP contribution < -0.4 is 0 Å². The maximum Gasteiger partial charge on any atom is 0.222 e. The minimum atomic E-state index is 0.117. The standard InChI is InChI=1S/C20H33N3O3/c1-3-16(22-11-5-8-19(22)25)14-17(23-12-6-9-20(23)26)13-15(2)21-10-4-7-18(21)24/h15-17H,3-14H2,1-2H3/t15-,16?,17?/m0/s1. The zero-order valence-corrected chi connectivity index (χ0v) is 16.3. The van der Waals surface area contributed by atoms with Crippen LogP contribution in [0.3, 0.4) is 0 Å². The molecule has 0 aromatic carbocycles. The molecule has 3 rings (SSSR count). The lowest BCUT2D eigenvalue weighted by Crippen LogP contribution is -2.47. The van der Waals surface area contributed by atoms with Gasteiger partial charge >= 0.3 is 0 Å². The van der Waals surface area contributed by atoms with Crippen molar-refractivity contribution in [2.45, 2.75) is 89.8 Å². The van der Waals surface area contributed by atoms with Crippen LogP contribution in [0.15, 0.2) is 0 Å². The molecule has 0 bridgehead atoms. The summed E-state index contributed by atoms with van der Waals surface area (Å²) in [4.78, 5) is 42.8. The van der Waals surface area contributed by atoms with Crippen molar-refractivity contribution < 1.29 is 14.4 Å². The fourth-order valence-electron chi connectivity index (χ4n) is 4.95. The van der Waals surface area contributed by atoms with Crippen molar-refractivity contribution in [1.29, 1.82) is 0 Å². The second-order valence-corrected chi connectivity index (χ2v) is 8.11. The molecule has 3 saturated heterocycles. The van der Waals surface area contributed by atoms with Gasteiger partial charge in [-0.2, -0.15) is 0 Å². The third-order valence-electron chi connectivity index (χ3n) is 6.37. The molecule has 6 heteroatoms. The summed E-state index contributed by atoms with van der Waals surface area (Å²) in [7, 11) is 0. The number of hydrogen-bond acceptors (Lipinski definition) is 3. The molecule has 0 radical (unpaired) electrons. The van der Waals surface area contributed by atoms with Gasteiger partial charge in [-0.05, 0) is 45.4 Å². The highest BCUT2D eigenvalue weighted by molar-refractivity contribution is 5.79. The molecule has 0 saturated carbocycles. The molecule has 0 N–H and O–H groups in total. The van der Waals surface area contributed by atoms with E-state index < -0.39 is 0 Å². The van der Waals surface area contributed by atoms with Crippen LogP contribution in [0, 0.1) is 0 Å². The first-order valence-corrected chi connectivity index (χ1v) is 10.4. The third-order valence-corrected chi connectivity index (χ3v) is 6.37. The molecule has 3 atom stereocenters. The number of likely N-dealkylation sites (tertiary alicyclic amines) is 3. The van der Waals surface area contributed by atoms with Crippen molar-refractivity contribution in [2.24, 2.45) is 0 Å². The summed E-state index contributed by atoms with van der Waals surface area (Å²) >= 11 is 0. The van der Waals surface area contributed by atoms with Gasteiger partial charge in [0.15, 0.2) is 0 Å². The van der Waals surface area contributed by atoms with E-state index in [4.69, 9.17) is 0 Å². The number of carbonyl (C=O) groups excluding carboxylic acids is 3. The van der Waals surface area contributed by atoms with Gasteiger partial charge in [0, 0.05) is 57.0 Å². The van der Waals surface area contributed by atoms with Gasteiger partial charge in [0.2, 0.25) is 17.7 Å². The van der Waals surface area contributed by atoms with Gasteiger partial charge in [-0.25, -0.2) is 0 Å². The number of nitrogens with zero attached hydrogens (tertiary/aromatic N) is 3. The summed E-state index contributed by atoms with van der Waals surface area (Å²) < 4.78 is 0. The van der Waals surface area contributed by atoms with Gasteiger partial charge in [-0.15, -0.1) is 0 Å². The monoisotopic (exact) mass is 363 g/mol. The summed E-state index contributed by atoms with van der Waals surface area (Å²) in [5.74, 6) is 0.731. The van der Waals surface area contributed by atoms with Crippen LogP contribution in [0.25, 0.3) is 0 Å². The maximum atomic E-state index is 12.4. The molecule has 0 aromatic heterocycles. The lowest BCUT2D eigenvalue weighted by atomic mass is 9.96. The lowest BCUT2D eigenvalue weighted by Gasteiger charge is -2.37. The number of carbonyl (C=O) groups is 3. The van der Waals surface area contributed by atoms with E-state index in [2.05, 4.69) is 13.8 Å². The van der Waals surface area contributed by atoms with E-state index in [1.54, 1.807) is 0 Å². The molecule has 0 spiro atoms. The molecule has 0 aromatic rings. The average Bonchev–Trinajstić information content (AvgIpc) is 3.33. The van der Waals surface area contributed by atoms with Gasteiger partial charge in [-0.3, -0.25) is 14.4 Å². The summed E-state index contributed by atoms with van der Waals surface area (Å²) in [6.07, 6.45) is 7.31. The third kappa shape index (κ3) is 4.04. The van der Waals surface area contributed by atoms with Crippen molar-refractivity contribution in [3.05, 3.63) is 0 Å². The van der Waals surface area contributed by atoms with Crippen LogP contribution in [0.5, 0.6) is 0 Å². The number of rotatable bonds is 8. The normalized spacial score (nSPS) is 24.7. The summed E-state index contributed by atoms with van der Waals surface area (Å²) in [5, 5.41) is 0. The van der Waals surface area contributed by atoms with E-state index in [1.807, 2.05) is 14.7 Å². The Morgan fingerprint density at radius 2 is 1.19 bits per heavy atom. The minimum Gasteiger partial charge on any atom is -0.340 e. The Morgan fingerprint density at radius 1 is 0.731 bits per heavy atom. The van der Waals surface area contributed by atoms with E-state index in [0.717, 1.165) is 58.2 Å². The fraction of sp³-hybridized carbons (Fsp3) is 0.850. The quantitative estimate of drug-likeness (QED) is 0.664. The Labute approximate surface area is 156 Å². The van der Waals surface area contributed by atoms with Crippen LogP contribution in [-0.2, 0) is 14.4 Å². The smallest absolute Gasteiger partial charge is 0.222 e. The Morgan fingerprint density at radius 3 is 1.62 bits per heavy atom. The molecule has 3 fully saturated rings. The first kappa shape index (κ1) is 19.2. The van der Waals surface area contributed by atoms with Gasteiger partial charge in [0.1, 0.15) is 0 Å². The molecule has 3 amide bonds. The van der Waals surface area contributed by atoms with E-state index in [-0.39, 0.29) is 35.8 Å². The summed E-state index contributed by atoms with van der Waals surface area (Å²) in [6.45, 7) is 6.74. The Hall–Kier alpha value is -1.59. The van der Waals surface area contributed by atoms with Gasteiger partial charge in [0.25, 0.3) is 0 Å². The van der Waals surface area contributed by atoms with Crippen LogP contribution in [-0.4, -0.2) is 70.2 Å². The van der Waals surface area contributed by atoms with Crippen molar-refractivity contribution in [2.75, 3.05) is 19.6 Å². The molecule has 3 aliphatic heterocycles. The molecule has 6 nitrogen and oxygen atoms in total. The zero-order valence-electron chi connectivity index (χ0n) is 16.3. The summed E-state index contributed by atoms with van der Waals surface area (Å²) in [5.41, 5.74) is 0. The molecule has 2 unspecified atom stereocenters. The molecular weight excluding hydrogens is 330 g/mol. The van der Waals surface area contributed by atoms with Gasteiger partial charge < -0.3 is 14.7 Å². The van der Waals surface area contributed by atoms with Gasteiger partial charge in [0.05, 0.1) is 0 Å². The Kier molecular flexibility index (Phi) is 6.20. The first-order chi connectivity index (χ1) is 12.5. The van der Waals surface area contributed by atoms with Crippen molar-refractivity contribution in [3.63, 3.8) is 0 Å². The molecule has 26 heavy (non-hydrogen) atoms. The predicted molar refractivity (Wildman–Crippen MR) is 99.4 cm³/mol. The molecule has 0 aliphatic carbocycles. The van der Waals surface area contributed by atoms with Crippen molar-refractivity contribution >= 4 is 17.7 Å². The van der Waals surface area contributed by atoms with E-state index >= 15 is 0 Å². The second-order valence-electron chi connectivity index (χ2n) is 8.11. The highest BCUT2D eigenvalue weighted by Crippen LogP contribution is 2.28. The van der Waals surface area contributed by atoms with E-state index in [0.29, 0.717) is 19.3 Å². The predicted octanol–water partition coefficient (Wildman–Crippen LogP) is 2.17. The fourth-order valence-corrected chi connectivity index (χ4v) is 4.95. The SMILES string of the molecule is CCC(CC(C[C@H](C)N1CCCC1=O)N1CCCC1=O)N1CCCC1=O. The van der Waals surface area contributed by atoms with Crippen LogP contribution >= 0.6 is 0 Å². The van der Waals surface area contributed by atoms with Crippen molar-refractivity contribution in [3.8, 4) is 0 Å². The average molecular weight is 364 g/mol. The number of amides is 3. The Bertz CT molecular complexity index is 550. The number of hydrogen-bond donors (Lipinski definition) is 0. The van der Waals surface area contributed by atoms with E-state index in [9.17, 15) is 14.4 Å². The Balaban J connectivity index is 1.71. The first-order valence-electron chi connectivity index (χ1n) is 10.4. The molecule has 3 aliphatic rings. The van der Waals surface area contributed by atoms with Gasteiger partial charge in [-0.1, -0.05) is 6.92 Å². The highest BCUT2D eigenvalue weighted by Gasteiger charge is 2.36. The largest absolute Gasteiger partial charge is 0.340 e. The second kappa shape index (κ2) is 8.40. The van der Waals surface area contributed by atoms with Crippen LogP contribution in [0.2, 0.25) is 0 Å².